The highest BCUT2D eigenvalue weighted by atomic mass is 16.2. The molecule has 2 heterocycles. The van der Waals surface area contributed by atoms with E-state index in [1.165, 1.54) is 0 Å². The first-order valence-electron chi connectivity index (χ1n) is 6.01. The molecule has 17 heavy (non-hydrogen) atoms. The molecule has 1 aliphatic heterocycles. The van der Waals surface area contributed by atoms with Crippen molar-refractivity contribution >= 4 is 11.7 Å². The van der Waals surface area contributed by atoms with E-state index >= 15 is 0 Å². The molecule has 1 aliphatic rings. The van der Waals surface area contributed by atoms with Crippen LogP contribution in [0.5, 0.6) is 0 Å². The minimum Gasteiger partial charge on any atom is -0.382 e. The highest BCUT2D eigenvalue weighted by Gasteiger charge is 2.26. The fourth-order valence-electron chi connectivity index (χ4n) is 2.07. The quantitative estimate of drug-likeness (QED) is 0.776. The molecule has 0 saturated carbocycles. The fourth-order valence-corrected chi connectivity index (χ4v) is 2.07. The van der Waals surface area contributed by atoms with Gasteiger partial charge < -0.3 is 10.6 Å². The zero-order valence-corrected chi connectivity index (χ0v) is 10.0. The zero-order chi connectivity index (χ0) is 12.3. The lowest BCUT2D eigenvalue weighted by molar-refractivity contribution is 0.0737. The van der Waals surface area contributed by atoms with Crippen molar-refractivity contribution in [1.82, 2.24) is 15.1 Å². The molecule has 92 valence electrons. The molecule has 1 unspecified atom stereocenters. The van der Waals surface area contributed by atoms with Crippen molar-refractivity contribution in [3.05, 3.63) is 23.9 Å². The summed E-state index contributed by atoms with van der Waals surface area (Å²) in [7, 11) is 0. The van der Waals surface area contributed by atoms with Crippen molar-refractivity contribution in [1.29, 1.82) is 0 Å². The average Bonchev–Trinajstić information content (AvgIpc) is 2.94. The second-order valence-electron chi connectivity index (χ2n) is 4.30. The third-order valence-electron chi connectivity index (χ3n) is 3.00. The molecule has 0 aromatic carbocycles. The summed E-state index contributed by atoms with van der Waals surface area (Å²) in [6.45, 7) is 2.83. The number of nitrogens with zero attached hydrogens (tertiary/aromatic N) is 2. The largest absolute Gasteiger partial charge is 0.382 e. The second-order valence-corrected chi connectivity index (χ2v) is 4.30. The topological polar surface area (TPSA) is 75.0 Å². The van der Waals surface area contributed by atoms with Gasteiger partial charge in [0.05, 0.1) is 6.04 Å². The van der Waals surface area contributed by atoms with Crippen molar-refractivity contribution in [2.75, 3.05) is 12.3 Å². The Morgan fingerprint density at radius 3 is 3.18 bits per heavy atom. The van der Waals surface area contributed by atoms with Crippen LogP contribution < -0.4 is 5.73 Å². The maximum absolute atomic E-state index is 12.2. The maximum Gasteiger partial charge on any atom is 0.272 e. The average molecular weight is 234 g/mol. The number of amides is 1. The molecule has 5 heteroatoms. The molecule has 0 spiro atoms. The number of hydrogen-bond acceptors (Lipinski definition) is 3. The zero-order valence-electron chi connectivity index (χ0n) is 10.0. The van der Waals surface area contributed by atoms with Crippen LogP contribution in [0.4, 0.5) is 5.82 Å². The van der Waals surface area contributed by atoms with Crippen molar-refractivity contribution in [2.45, 2.75) is 32.2 Å². The molecule has 0 aliphatic carbocycles. The summed E-state index contributed by atoms with van der Waals surface area (Å²) in [5.74, 6) is 0.325. The van der Waals surface area contributed by atoms with Crippen molar-refractivity contribution < 1.29 is 4.79 Å². The van der Waals surface area contributed by atoms with Gasteiger partial charge in [0.2, 0.25) is 0 Å². The molecule has 0 bridgehead atoms. The summed E-state index contributed by atoms with van der Waals surface area (Å²) in [4.78, 5) is 14.0. The van der Waals surface area contributed by atoms with Crippen molar-refractivity contribution in [2.24, 2.45) is 0 Å². The van der Waals surface area contributed by atoms with E-state index in [2.05, 4.69) is 23.2 Å². The molecule has 0 saturated heterocycles. The monoisotopic (exact) mass is 234 g/mol. The number of aromatic amines is 1. The molecule has 1 aromatic rings. The molecule has 3 N–H and O–H groups in total. The Hall–Kier alpha value is -1.78. The number of nitrogen functional groups attached to an aromatic ring is 1. The van der Waals surface area contributed by atoms with Gasteiger partial charge in [-0.25, -0.2) is 0 Å². The number of aromatic nitrogens is 2. The number of unbranched alkanes of at least 4 members (excludes halogenated alkanes) is 1. The molecule has 2 rings (SSSR count). The van der Waals surface area contributed by atoms with Crippen LogP contribution in [0.15, 0.2) is 18.2 Å². The molecule has 1 aromatic heterocycles. The lowest BCUT2D eigenvalue weighted by Gasteiger charge is -2.23. The maximum atomic E-state index is 12.2. The van der Waals surface area contributed by atoms with Gasteiger partial charge in [0.15, 0.2) is 0 Å². The van der Waals surface area contributed by atoms with E-state index in [1.807, 2.05) is 11.0 Å². The van der Waals surface area contributed by atoms with Gasteiger partial charge in [-0.1, -0.05) is 31.9 Å². The summed E-state index contributed by atoms with van der Waals surface area (Å²) in [6, 6.07) is 1.80. The van der Waals surface area contributed by atoms with E-state index in [-0.39, 0.29) is 11.9 Å². The Morgan fingerprint density at radius 1 is 1.71 bits per heavy atom. The van der Waals surface area contributed by atoms with Crippen LogP contribution in [0.3, 0.4) is 0 Å². The standard InChI is InChI=1S/C12H18N4O/c1-2-3-5-9-6-4-7-16(9)12(17)10-8-11(13)15-14-10/h4,6,8-9H,2-3,5,7H2,1H3,(H3,13,14,15). The van der Waals surface area contributed by atoms with Crippen LogP contribution >= 0.6 is 0 Å². The van der Waals surface area contributed by atoms with Gasteiger partial charge in [0.1, 0.15) is 11.5 Å². The van der Waals surface area contributed by atoms with Crippen LogP contribution in [0.25, 0.3) is 0 Å². The fraction of sp³-hybridized carbons (Fsp3) is 0.500. The van der Waals surface area contributed by atoms with Crippen molar-refractivity contribution in [3.8, 4) is 0 Å². The van der Waals surface area contributed by atoms with Crippen molar-refractivity contribution in [3.63, 3.8) is 0 Å². The van der Waals surface area contributed by atoms with E-state index in [1.54, 1.807) is 6.07 Å². The minimum atomic E-state index is -0.0275. The van der Waals surface area contributed by atoms with Gasteiger partial charge in [0, 0.05) is 12.6 Å². The van der Waals surface area contributed by atoms with E-state index in [9.17, 15) is 4.79 Å². The Morgan fingerprint density at radius 2 is 2.53 bits per heavy atom. The number of hydrogen-bond donors (Lipinski definition) is 2. The third-order valence-corrected chi connectivity index (χ3v) is 3.00. The molecular formula is C12H18N4O. The Bertz CT molecular complexity index is 424. The van der Waals surface area contributed by atoms with Gasteiger partial charge in [-0.2, -0.15) is 5.10 Å². The van der Waals surface area contributed by atoms with E-state index in [4.69, 9.17) is 5.73 Å². The number of H-pyrrole nitrogens is 1. The highest BCUT2D eigenvalue weighted by molar-refractivity contribution is 5.93. The first-order chi connectivity index (χ1) is 8.22. The summed E-state index contributed by atoms with van der Waals surface area (Å²) >= 11 is 0. The van der Waals surface area contributed by atoms with Crippen LogP contribution in [0.2, 0.25) is 0 Å². The smallest absolute Gasteiger partial charge is 0.272 e. The second kappa shape index (κ2) is 5.03. The SMILES string of the molecule is CCCCC1C=CCN1C(=O)c1cc(N)n[nH]1. The lowest BCUT2D eigenvalue weighted by atomic mass is 10.1. The van der Waals surface area contributed by atoms with E-state index in [0.717, 1.165) is 19.3 Å². The molecule has 0 radical (unpaired) electrons. The summed E-state index contributed by atoms with van der Waals surface area (Å²) < 4.78 is 0. The number of anilines is 1. The third kappa shape index (κ3) is 2.49. The van der Waals surface area contributed by atoms with Crippen LogP contribution in [0.1, 0.15) is 36.7 Å². The minimum absolute atomic E-state index is 0.0275. The predicted octanol–water partition coefficient (Wildman–Crippen LogP) is 1.56. The van der Waals surface area contributed by atoms with Gasteiger partial charge in [-0.15, -0.1) is 0 Å². The summed E-state index contributed by atoms with van der Waals surface area (Å²) in [5.41, 5.74) is 5.97. The van der Waals surface area contributed by atoms with E-state index < -0.39 is 0 Å². The van der Waals surface area contributed by atoms with Crippen LogP contribution in [-0.4, -0.2) is 33.6 Å². The first kappa shape index (κ1) is 11.7. The normalized spacial score (nSPS) is 18.9. The predicted molar refractivity (Wildman–Crippen MR) is 66.5 cm³/mol. The van der Waals surface area contributed by atoms with Crippen LogP contribution in [-0.2, 0) is 0 Å². The number of nitrogens with one attached hydrogen (secondary N) is 1. The van der Waals surface area contributed by atoms with E-state index in [0.29, 0.717) is 18.1 Å². The van der Waals surface area contributed by atoms with Crippen LogP contribution in [0, 0.1) is 0 Å². The summed E-state index contributed by atoms with van der Waals surface area (Å²) in [5, 5.41) is 6.45. The van der Waals surface area contributed by atoms with Gasteiger partial charge >= 0.3 is 0 Å². The molecule has 1 amide bonds. The number of rotatable bonds is 4. The lowest BCUT2D eigenvalue weighted by Crippen LogP contribution is -2.36. The summed E-state index contributed by atoms with van der Waals surface area (Å²) in [6.07, 6.45) is 7.43. The number of carbonyl (C=O) groups excluding carboxylic acids is 1. The van der Waals surface area contributed by atoms with Gasteiger partial charge in [-0.3, -0.25) is 9.89 Å². The highest BCUT2D eigenvalue weighted by Crippen LogP contribution is 2.18. The van der Waals surface area contributed by atoms with Gasteiger partial charge in [0.25, 0.3) is 5.91 Å². The molecule has 0 fully saturated rings. The molecular weight excluding hydrogens is 216 g/mol. The Labute approximate surface area is 101 Å². The molecule has 1 atom stereocenters. The Kier molecular flexibility index (Phi) is 3.46. The Balaban J connectivity index is 2.04. The number of nitrogens with two attached hydrogens (primary N) is 1. The molecule has 5 nitrogen and oxygen atoms in total. The first-order valence-corrected chi connectivity index (χ1v) is 6.01. The van der Waals surface area contributed by atoms with Gasteiger partial charge in [-0.05, 0) is 6.42 Å². The number of carbonyl (C=O) groups is 1.